The average Bonchev–Trinajstić information content (AvgIpc) is 3.12. The molecule has 1 saturated carbocycles. The molecule has 0 spiro atoms. The summed E-state index contributed by atoms with van der Waals surface area (Å²) < 4.78 is 0.966. The van der Waals surface area contributed by atoms with Gasteiger partial charge in [-0.3, -0.25) is 4.79 Å². The molecule has 1 aromatic heterocycles. The Labute approximate surface area is 173 Å². The first-order valence-corrected chi connectivity index (χ1v) is 10.8. The van der Waals surface area contributed by atoms with Crippen LogP contribution in [-0.2, 0) is 4.79 Å². The van der Waals surface area contributed by atoms with Crippen molar-refractivity contribution in [1.82, 2.24) is 4.98 Å². The molecule has 1 aliphatic rings. The number of anilines is 3. The summed E-state index contributed by atoms with van der Waals surface area (Å²) in [6, 6.07) is 12.9. The maximum atomic E-state index is 12.4. The molecule has 6 nitrogen and oxygen atoms in total. The summed E-state index contributed by atoms with van der Waals surface area (Å²) in [5.74, 6) is 0.165. The molecule has 0 bridgehead atoms. The predicted molar refractivity (Wildman–Crippen MR) is 119 cm³/mol. The largest absolute Gasteiger partial charge is 0.323 e. The van der Waals surface area contributed by atoms with E-state index in [1.165, 1.54) is 17.8 Å². The van der Waals surface area contributed by atoms with Gasteiger partial charge in [0.2, 0.25) is 5.91 Å². The van der Waals surface area contributed by atoms with Crippen LogP contribution in [0.25, 0.3) is 10.2 Å². The van der Waals surface area contributed by atoms with E-state index in [1.807, 2.05) is 49.4 Å². The fraction of sp³-hybridized carbons (Fsp3) is 0.318. The molecule has 0 atom stereocenters. The van der Waals surface area contributed by atoms with Crippen molar-refractivity contribution in [2.75, 3.05) is 16.0 Å². The van der Waals surface area contributed by atoms with Crippen LogP contribution in [0.1, 0.15) is 37.7 Å². The Bertz CT molecular complexity index is 1040. The number of carbonyl (C=O) groups is 2. The van der Waals surface area contributed by atoms with Crippen molar-refractivity contribution >= 4 is 50.0 Å². The van der Waals surface area contributed by atoms with Gasteiger partial charge in [0, 0.05) is 17.3 Å². The van der Waals surface area contributed by atoms with E-state index in [1.54, 1.807) is 0 Å². The molecule has 7 heteroatoms. The molecular weight excluding hydrogens is 384 g/mol. The summed E-state index contributed by atoms with van der Waals surface area (Å²) in [6.45, 7) is 1.94. The zero-order chi connectivity index (χ0) is 20.2. The number of urea groups is 1. The summed E-state index contributed by atoms with van der Waals surface area (Å²) in [4.78, 5) is 29.3. The van der Waals surface area contributed by atoms with E-state index >= 15 is 0 Å². The number of hydrogen-bond acceptors (Lipinski definition) is 4. The number of nitrogens with zero attached hydrogens (tertiary/aromatic N) is 1. The first kappa shape index (κ1) is 19.4. The Hall–Kier alpha value is -2.93. The van der Waals surface area contributed by atoms with Crippen LogP contribution >= 0.6 is 11.3 Å². The third kappa shape index (κ3) is 4.74. The van der Waals surface area contributed by atoms with Crippen molar-refractivity contribution in [3.63, 3.8) is 0 Å². The molecule has 1 fully saturated rings. The SMILES string of the molecule is Cc1ccccc1NC(=O)Nc1ccc2sc(NC(=O)C3CCCCC3)nc2c1. The molecule has 0 saturated heterocycles. The van der Waals surface area contributed by atoms with Crippen molar-refractivity contribution in [3.8, 4) is 0 Å². The van der Waals surface area contributed by atoms with Gasteiger partial charge in [0.1, 0.15) is 0 Å². The Morgan fingerprint density at radius 1 is 1.00 bits per heavy atom. The van der Waals surface area contributed by atoms with Crippen LogP contribution < -0.4 is 16.0 Å². The Morgan fingerprint density at radius 2 is 1.79 bits per heavy atom. The van der Waals surface area contributed by atoms with Crippen LogP contribution in [0.3, 0.4) is 0 Å². The number of hydrogen-bond donors (Lipinski definition) is 3. The Balaban J connectivity index is 1.42. The van der Waals surface area contributed by atoms with Gasteiger partial charge in [-0.1, -0.05) is 48.8 Å². The highest BCUT2D eigenvalue weighted by Gasteiger charge is 2.22. The van der Waals surface area contributed by atoms with Crippen molar-refractivity contribution in [2.45, 2.75) is 39.0 Å². The van der Waals surface area contributed by atoms with E-state index < -0.39 is 0 Å². The van der Waals surface area contributed by atoms with Crippen molar-refractivity contribution < 1.29 is 9.59 Å². The highest BCUT2D eigenvalue weighted by molar-refractivity contribution is 7.22. The highest BCUT2D eigenvalue weighted by Crippen LogP contribution is 2.30. The monoisotopic (exact) mass is 408 g/mol. The molecular formula is C22H24N4O2S. The lowest BCUT2D eigenvalue weighted by molar-refractivity contribution is -0.120. The summed E-state index contributed by atoms with van der Waals surface area (Å²) in [5.41, 5.74) is 3.17. The maximum Gasteiger partial charge on any atom is 0.323 e. The first-order chi connectivity index (χ1) is 14.1. The van der Waals surface area contributed by atoms with Crippen LogP contribution in [-0.4, -0.2) is 16.9 Å². The third-order valence-electron chi connectivity index (χ3n) is 5.24. The number of aryl methyl sites for hydroxylation is 1. The summed E-state index contributed by atoms with van der Waals surface area (Å²) in [6.07, 6.45) is 5.38. The van der Waals surface area contributed by atoms with Gasteiger partial charge in [-0.15, -0.1) is 0 Å². The fourth-order valence-corrected chi connectivity index (χ4v) is 4.48. The number of nitrogens with one attached hydrogen (secondary N) is 3. The minimum absolute atomic E-state index is 0.0692. The molecule has 4 rings (SSSR count). The number of fused-ring (bicyclic) bond motifs is 1. The predicted octanol–water partition coefficient (Wildman–Crippen LogP) is 5.77. The van der Waals surface area contributed by atoms with Crippen LogP contribution in [0.2, 0.25) is 0 Å². The standard InChI is InChI=1S/C22H24N4O2S/c1-14-7-5-6-10-17(14)24-21(28)23-16-11-12-19-18(13-16)25-22(29-19)26-20(27)15-8-3-2-4-9-15/h5-7,10-13,15H,2-4,8-9H2,1H3,(H2,23,24,28)(H,25,26,27). The van der Waals surface area contributed by atoms with Crippen molar-refractivity contribution in [3.05, 3.63) is 48.0 Å². The number of amides is 3. The van der Waals surface area contributed by atoms with Crippen molar-refractivity contribution in [1.29, 1.82) is 0 Å². The second-order valence-corrected chi connectivity index (χ2v) is 8.45. The zero-order valence-electron chi connectivity index (χ0n) is 16.3. The van der Waals surface area contributed by atoms with Crippen LogP contribution in [0.5, 0.6) is 0 Å². The second-order valence-electron chi connectivity index (χ2n) is 7.42. The molecule has 1 aliphatic carbocycles. The van der Waals surface area contributed by atoms with Gasteiger partial charge in [-0.05, 0) is 49.6 Å². The Morgan fingerprint density at radius 3 is 2.59 bits per heavy atom. The first-order valence-electron chi connectivity index (χ1n) is 9.93. The lowest BCUT2D eigenvalue weighted by Gasteiger charge is -2.19. The van der Waals surface area contributed by atoms with Gasteiger partial charge in [-0.25, -0.2) is 9.78 Å². The maximum absolute atomic E-state index is 12.4. The average molecular weight is 409 g/mol. The Kier molecular flexibility index (Phi) is 5.76. The van der Waals surface area contributed by atoms with Gasteiger partial charge in [-0.2, -0.15) is 0 Å². The van der Waals surface area contributed by atoms with Crippen LogP contribution in [0.15, 0.2) is 42.5 Å². The number of aromatic nitrogens is 1. The highest BCUT2D eigenvalue weighted by atomic mass is 32.1. The fourth-order valence-electron chi connectivity index (χ4n) is 3.63. The molecule has 150 valence electrons. The van der Waals surface area contributed by atoms with E-state index in [4.69, 9.17) is 0 Å². The van der Waals surface area contributed by atoms with Gasteiger partial charge in [0.05, 0.1) is 10.2 Å². The molecule has 29 heavy (non-hydrogen) atoms. The molecule has 3 N–H and O–H groups in total. The number of thiazole rings is 1. The number of rotatable bonds is 4. The quantitative estimate of drug-likeness (QED) is 0.513. The van der Waals surface area contributed by atoms with Gasteiger partial charge in [0.15, 0.2) is 5.13 Å². The van der Waals surface area contributed by atoms with E-state index in [0.29, 0.717) is 10.8 Å². The zero-order valence-corrected chi connectivity index (χ0v) is 17.1. The summed E-state index contributed by atoms with van der Waals surface area (Å²) in [7, 11) is 0. The molecule has 1 heterocycles. The summed E-state index contributed by atoms with van der Waals surface area (Å²) >= 11 is 1.45. The van der Waals surface area contributed by atoms with Gasteiger partial charge < -0.3 is 16.0 Å². The molecule has 0 unspecified atom stereocenters. The lowest BCUT2D eigenvalue weighted by Crippen LogP contribution is -2.24. The van der Waals surface area contributed by atoms with Crippen molar-refractivity contribution in [2.24, 2.45) is 5.92 Å². The summed E-state index contributed by atoms with van der Waals surface area (Å²) in [5, 5.41) is 9.27. The lowest BCUT2D eigenvalue weighted by atomic mass is 9.89. The normalized spacial score (nSPS) is 14.5. The minimum Gasteiger partial charge on any atom is -0.308 e. The molecule has 0 aliphatic heterocycles. The van der Waals surface area contributed by atoms with Gasteiger partial charge >= 0.3 is 6.03 Å². The molecule has 3 aromatic rings. The van der Waals surface area contributed by atoms with Gasteiger partial charge in [0.25, 0.3) is 0 Å². The van der Waals surface area contributed by atoms with E-state index in [2.05, 4.69) is 20.9 Å². The number of benzene rings is 2. The van der Waals surface area contributed by atoms with E-state index in [-0.39, 0.29) is 17.9 Å². The van der Waals surface area contributed by atoms with Crippen LogP contribution in [0, 0.1) is 12.8 Å². The molecule has 2 aromatic carbocycles. The smallest absolute Gasteiger partial charge is 0.308 e. The second kappa shape index (κ2) is 8.61. The van der Waals surface area contributed by atoms with Crippen LogP contribution in [0.4, 0.5) is 21.3 Å². The molecule has 0 radical (unpaired) electrons. The van der Waals surface area contributed by atoms with E-state index in [0.717, 1.165) is 47.2 Å². The third-order valence-corrected chi connectivity index (χ3v) is 6.20. The molecule has 3 amide bonds. The van der Waals surface area contributed by atoms with E-state index in [9.17, 15) is 9.59 Å². The topological polar surface area (TPSA) is 83.1 Å². The minimum atomic E-state index is -0.306. The number of para-hydroxylation sites is 1. The number of carbonyl (C=O) groups excluding carboxylic acids is 2.